The second kappa shape index (κ2) is 5.48. The molecular weight excluding hydrogens is 266 g/mol. The molecule has 0 aliphatic carbocycles. The molecule has 4 nitrogen and oxygen atoms in total. The van der Waals surface area contributed by atoms with Crippen LogP contribution in [0.15, 0.2) is 48.5 Å². The lowest BCUT2D eigenvalue weighted by atomic mass is 10.2. The lowest BCUT2D eigenvalue weighted by molar-refractivity contribution is 0.0378. The molecule has 2 aromatic rings. The van der Waals surface area contributed by atoms with Gasteiger partial charge in [-0.2, -0.15) is 0 Å². The highest BCUT2D eigenvalue weighted by Gasteiger charge is 2.21. The van der Waals surface area contributed by atoms with Gasteiger partial charge in [-0.1, -0.05) is 12.1 Å². The fraction of sp³-hybridized carbons (Fsp3) is 0.235. The summed E-state index contributed by atoms with van der Waals surface area (Å²) in [5.41, 5.74) is 2.58. The van der Waals surface area contributed by atoms with Crippen LogP contribution >= 0.6 is 0 Å². The molecule has 0 saturated carbocycles. The molecule has 1 aliphatic heterocycles. The SMILES string of the molecule is CC(C)OC(=O)c1ccc(N2COc3ccccc32)cc1. The number of anilines is 2. The molecule has 21 heavy (non-hydrogen) atoms. The van der Waals surface area contributed by atoms with E-state index in [1.54, 1.807) is 12.1 Å². The van der Waals surface area contributed by atoms with Crippen LogP contribution in [0.3, 0.4) is 0 Å². The average Bonchev–Trinajstić information content (AvgIpc) is 2.90. The summed E-state index contributed by atoms with van der Waals surface area (Å²) in [4.78, 5) is 13.9. The Hall–Kier alpha value is -2.49. The zero-order valence-electron chi connectivity index (χ0n) is 12.1. The molecule has 4 heteroatoms. The Kier molecular flexibility index (Phi) is 3.52. The van der Waals surface area contributed by atoms with Gasteiger partial charge in [0.2, 0.25) is 0 Å². The highest BCUT2D eigenvalue weighted by Crippen LogP contribution is 2.38. The fourth-order valence-corrected chi connectivity index (χ4v) is 2.28. The van der Waals surface area contributed by atoms with Crippen molar-refractivity contribution in [1.82, 2.24) is 0 Å². The maximum absolute atomic E-state index is 11.8. The summed E-state index contributed by atoms with van der Waals surface area (Å²) in [7, 11) is 0. The van der Waals surface area contributed by atoms with E-state index in [4.69, 9.17) is 9.47 Å². The van der Waals surface area contributed by atoms with Crippen molar-refractivity contribution in [3.63, 3.8) is 0 Å². The molecule has 0 unspecified atom stereocenters. The molecule has 0 saturated heterocycles. The molecule has 0 N–H and O–H groups in total. The Morgan fingerprint density at radius 3 is 2.57 bits per heavy atom. The maximum Gasteiger partial charge on any atom is 0.338 e. The number of esters is 1. The Labute approximate surface area is 123 Å². The molecular formula is C17H17NO3. The van der Waals surface area contributed by atoms with Crippen LogP contribution in [-0.2, 0) is 4.74 Å². The van der Waals surface area contributed by atoms with E-state index in [0.29, 0.717) is 12.3 Å². The van der Waals surface area contributed by atoms with Gasteiger partial charge >= 0.3 is 5.97 Å². The number of nitrogens with zero attached hydrogens (tertiary/aromatic N) is 1. The van der Waals surface area contributed by atoms with E-state index in [2.05, 4.69) is 4.90 Å². The molecule has 1 aliphatic rings. The third-order valence-corrected chi connectivity index (χ3v) is 3.26. The van der Waals surface area contributed by atoms with Gasteiger partial charge in [-0.05, 0) is 50.2 Å². The molecule has 0 spiro atoms. The molecule has 0 amide bonds. The summed E-state index contributed by atoms with van der Waals surface area (Å²) >= 11 is 0. The number of benzene rings is 2. The number of ether oxygens (including phenoxy) is 2. The zero-order valence-corrected chi connectivity index (χ0v) is 12.1. The van der Waals surface area contributed by atoms with Crippen LogP contribution in [0.2, 0.25) is 0 Å². The van der Waals surface area contributed by atoms with Gasteiger partial charge in [0.25, 0.3) is 0 Å². The van der Waals surface area contributed by atoms with E-state index in [1.807, 2.05) is 50.2 Å². The van der Waals surface area contributed by atoms with Crippen molar-refractivity contribution in [3.05, 3.63) is 54.1 Å². The third-order valence-electron chi connectivity index (χ3n) is 3.26. The second-order valence-electron chi connectivity index (χ2n) is 5.17. The van der Waals surface area contributed by atoms with Gasteiger partial charge < -0.3 is 14.4 Å². The highest BCUT2D eigenvalue weighted by atomic mass is 16.5. The van der Waals surface area contributed by atoms with Crippen molar-refractivity contribution in [2.75, 3.05) is 11.6 Å². The molecule has 108 valence electrons. The monoisotopic (exact) mass is 283 g/mol. The summed E-state index contributed by atoms with van der Waals surface area (Å²) in [6, 6.07) is 15.3. The third kappa shape index (κ3) is 2.70. The normalized spacial score (nSPS) is 13.0. The minimum atomic E-state index is -0.297. The highest BCUT2D eigenvalue weighted by molar-refractivity contribution is 5.90. The first-order chi connectivity index (χ1) is 10.1. The van der Waals surface area contributed by atoms with E-state index in [-0.39, 0.29) is 12.1 Å². The molecule has 0 radical (unpaired) electrons. The average molecular weight is 283 g/mol. The van der Waals surface area contributed by atoms with Crippen molar-refractivity contribution in [2.45, 2.75) is 20.0 Å². The molecule has 3 rings (SSSR count). The van der Waals surface area contributed by atoms with Crippen molar-refractivity contribution < 1.29 is 14.3 Å². The molecule has 0 atom stereocenters. The van der Waals surface area contributed by atoms with E-state index in [0.717, 1.165) is 17.1 Å². The van der Waals surface area contributed by atoms with Crippen LogP contribution in [0.25, 0.3) is 0 Å². The Bertz CT molecular complexity index is 649. The number of carbonyl (C=O) groups excluding carboxylic acids is 1. The van der Waals surface area contributed by atoms with Gasteiger partial charge in [-0.25, -0.2) is 4.79 Å². The minimum absolute atomic E-state index is 0.115. The van der Waals surface area contributed by atoms with Crippen LogP contribution in [0, 0.1) is 0 Å². The lowest BCUT2D eigenvalue weighted by Crippen LogP contribution is -2.16. The Morgan fingerprint density at radius 2 is 1.86 bits per heavy atom. The number of hydrogen-bond acceptors (Lipinski definition) is 4. The van der Waals surface area contributed by atoms with Crippen molar-refractivity contribution in [1.29, 1.82) is 0 Å². The molecule has 0 aromatic heterocycles. The second-order valence-corrected chi connectivity index (χ2v) is 5.17. The van der Waals surface area contributed by atoms with Gasteiger partial charge in [-0.3, -0.25) is 0 Å². The first-order valence-electron chi connectivity index (χ1n) is 6.95. The summed E-state index contributed by atoms with van der Waals surface area (Å²) in [5.74, 6) is 0.579. The van der Waals surface area contributed by atoms with E-state index in [9.17, 15) is 4.79 Å². The summed E-state index contributed by atoms with van der Waals surface area (Å²) < 4.78 is 10.8. The molecule has 0 bridgehead atoms. The van der Waals surface area contributed by atoms with E-state index in [1.165, 1.54) is 0 Å². The Morgan fingerprint density at radius 1 is 1.14 bits per heavy atom. The number of hydrogen-bond donors (Lipinski definition) is 0. The minimum Gasteiger partial charge on any atom is -0.471 e. The quantitative estimate of drug-likeness (QED) is 0.804. The van der Waals surface area contributed by atoms with Gasteiger partial charge in [0.05, 0.1) is 17.4 Å². The predicted molar refractivity (Wildman–Crippen MR) is 81.1 cm³/mol. The molecule has 1 heterocycles. The van der Waals surface area contributed by atoms with Crippen LogP contribution in [0.5, 0.6) is 5.75 Å². The van der Waals surface area contributed by atoms with Crippen LogP contribution in [0.1, 0.15) is 24.2 Å². The number of fused-ring (bicyclic) bond motifs is 1. The van der Waals surface area contributed by atoms with E-state index < -0.39 is 0 Å². The van der Waals surface area contributed by atoms with E-state index >= 15 is 0 Å². The predicted octanol–water partition coefficient (Wildman–Crippen LogP) is 3.74. The number of carbonyl (C=O) groups is 1. The summed E-state index contributed by atoms with van der Waals surface area (Å²) in [6.45, 7) is 4.16. The maximum atomic E-state index is 11.8. The van der Waals surface area contributed by atoms with Crippen LogP contribution in [-0.4, -0.2) is 18.8 Å². The largest absolute Gasteiger partial charge is 0.471 e. The summed E-state index contributed by atoms with van der Waals surface area (Å²) in [5, 5.41) is 0. The number of rotatable bonds is 3. The zero-order chi connectivity index (χ0) is 14.8. The standard InChI is InChI=1S/C17H17NO3/c1-12(2)21-17(19)13-7-9-14(10-8-13)18-11-20-16-6-4-3-5-15(16)18/h3-10,12H,11H2,1-2H3. The van der Waals surface area contributed by atoms with Gasteiger partial charge in [0.1, 0.15) is 5.75 Å². The van der Waals surface area contributed by atoms with Gasteiger partial charge in [0.15, 0.2) is 6.73 Å². The van der Waals surface area contributed by atoms with Crippen LogP contribution < -0.4 is 9.64 Å². The van der Waals surface area contributed by atoms with Gasteiger partial charge in [0, 0.05) is 5.69 Å². The number of para-hydroxylation sites is 2. The summed E-state index contributed by atoms with van der Waals surface area (Å²) in [6.07, 6.45) is -0.115. The van der Waals surface area contributed by atoms with Crippen LogP contribution in [0.4, 0.5) is 11.4 Å². The first-order valence-corrected chi connectivity index (χ1v) is 6.95. The molecule has 0 fully saturated rings. The fourth-order valence-electron chi connectivity index (χ4n) is 2.28. The van der Waals surface area contributed by atoms with Gasteiger partial charge in [-0.15, -0.1) is 0 Å². The Balaban J connectivity index is 1.81. The first kappa shape index (κ1) is 13.5. The van der Waals surface area contributed by atoms with Crippen molar-refractivity contribution >= 4 is 17.3 Å². The molecule has 2 aromatic carbocycles. The van der Waals surface area contributed by atoms with Crippen molar-refractivity contribution in [2.24, 2.45) is 0 Å². The lowest BCUT2D eigenvalue weighted by Gasteiger charge is -2.17. The van der Waals surface area contributed by atoms with Crippen molar-refractivity contribution in [3.8, 4) is 5.75 Å². The smallest absolute Gasteiger partial charge is 0.338 e. The topological polar surface area (TPSA) is 38.8 Å².